The van der Waals surface area contributed by atoms with E-state index in [1.165, 1.54) is 6.92 Å². The Morgan fingerprint density at radius 2 is 2.00 bits per heavy atom. The van der Waals surface area contributed by atoms with Gasteiger partial charge in [-0.15, -0.1) is 0 Å². The molecule has 0 amide bonds. The smallest absolute Gasteiger partial charge is 0.307 e. The highest BCUT2D eigenvalue weighted by atomic mass is 35.5. The Bertz CT molecular complexity index is 661. The maximum Gasteiger partial charge on any atom is 0.307 e. The van der Waals surface area contributed by atoms with Gasteiger partial charge in [0, 0.05) is 6.54 Å². The standard InChI is InChI=1S/C14H19ClFNO4S/c1-8(2)4-10(14(18)19)7-17-22(20,21)13-5-9(3)12(16)6-11(13)15/h5-6,8,10,17H,4,7H2,1-3H3,(H,18,19). The number of aliphatic carboxylic acids is 1. The van der Waals surface area contributed by atoms with E-state index in [0.717, 1.165) is 12.1 Å². The second kappa shape index (κ2) is 7.39. The van der Waals surface area contributed by atoms with Gasteiger partial charge >= 0.3 is 5.97 Å². The van der Waals surface area contributed by atoms with Gasteiger partial charge in [-0.05, 0) is 37.0 Å². The van der Waals surface area contributed by atoms with E-state index in [4.69, 9.17) is 16.7 Å². The van der Waals surface area contributed by atoms with Gasteiger partial charge in [-0.25, -0.2) is 17.5 Å². The number of hydrogen-bond donors (Lipinski definition) is 2. The summed E-state index contributed by atoms with van der Waals surface area (Å²) in [6.45, 7) is 4.88. The monoisotopic (exact) mass is 351 g/mol. The summed E-state index contributed by atoms with van der Waals surface area (Å²) in [7, 11) is -4.01. The molecule has 0 fully saturated rings. The van der Waals surface area contributed by atoms with Crippen molar-refractivity contribution in [3.8, 4) is 0 Å². The molecule has 0 bridgehead atoms. The van der Waals surface area contributed by atoms with E-state index in [0.29, 0.717) is 6.42 Å². The number of halogens is 2. The molecule has 0 aliphatic rings. The Balaban J connectivity index is 2.96. The van der Waals surface area contributed by atoms with E-state index < -0.39 is 27.7 Å². The molecule has 22 heavy (non-hydrogen) atoms. The number of rotatable bonds is 7. The lowest BCUT2D eigenvalue weighted by Crippen LogP contribution is -2.33. The number of carboxylic acid groups (broad SMARTS) is 1. The fourth-order valence-electron chi connectivity index (χ4n) is 1.97. The number of benzene rings is 1. The van der Waals surface area contributed by atoms with Crippen molar-refractivity contribution in [3.63, 3.8) is 0 Å². The summed E-state index contributed by atoms with van der Waals surface area (Å²) in [5.74, 6) is -2.40. The Hall–Kier alpha value is -1.18. The van der Waals surface area contributed by atoms with Gasteiger partial charge in [0.15, 0.2) is 0 Å². The number of aryl methyl sites for hydroxylation is 1. The van der Waals surface area contributed by atoms with Gasteiger partial charge in [0.2, 0.25) is 10.0 Å². The molecule has 2 N–H and O–H groups in total. The predicted octanol–water partition coefficient (Wildman–Crippen LogP) is 2.81. The molecule has 0 saturated carbocycles. The summed E-state index contributed by atoms with van der Waals surface area (Å²) in [6, 6.07) is 2.05. The van der Waals surface area contributed by atoms with E-state index in [-0.39, 0.29) is 27.9 Å². The quantitative estimate of drug-likeness (QED) is 0.791. The molecule has 0 saturated heterocycles. The van der Waals surface area contributed by atoms with Gasteiger partial charge in [0.05, 0.1) is 10.9 Å². The molecule has 1 aromatic rings. The second-order valence-electron chi connectivity index (χ2n) is 5.55. The van der Waals surface area contributed by atoms with Crippen LogP contribution in [-0.4, -0.2) is 26.0 Å². The first-order chi connectivity index (χ1) is 10.0. The van der Waals surface area contributed by atoms with Crippen molar-refractivity contribution in [2.75, 3.05) is 6.54 Å². The van der Waals surface area contributed by atoms with Crippen LogP contribution in [0.4, 0.5) is 4.39 Å². The number of sulfonamides is 1. The average molecular weight is 352 g/mol. The molecule has 8 heteroatoms. The molecular formula is C14H19ClFNO4S. The maximum atomic E-state index is 13.3. The summed E-state index contributed by atoms with van der Waals surface area (Å²) >= 11 is 5.77. The number of carboxylic acids is 1. The first-order valence-electron chi connectivity index (χ1n) is 6.72. The molecule has 1 unspecified atom stereocenters. The van der Waals surface area contributed by atoms with E-state index in [1.54, 1.807) is 0 Å². The molecule has 5 nitrogen and oxygen atoms in total. The summed E-state index contributed by atoms with van der Waals surface area (Å²) in [6.07, 6.45) is 0.341. The number of carbonyl (C=O) groups is 1. The summed E-state index contributed by atoms with van der Waals surface area (Å²) in [5.41, 5.74) is 0.140. The van der Waals surface area contributed by atoms with Crippen molar-refractivity contribution < 1.29 is 22.7 Å². The molecule has 124 valence electrons. The predicted molar refractivity (Wildman–Crippen MR) is 81.9 cm³/mol. The second-order valence-corrected chi connectivity index (χ2v) is 7.69. The lowest BCUT2D eigenvalue weighted by Gasteiger charge is -2.16. The van der Waals surface area contributed by atoms with Crippen molar-refractivity contribution in [2.24, 2.45) is 11.8 Å². The molecule has 0 spiro atoms. The average Bonchev–Trinajstić information content (AvgIpc) is 2.37. The SMILES string of the molecule is Cc1cc(S(=O)(=O)NCC(CC(C)C)C(=O)O)c(Cl)cc1F. The highest BCUT2D eigenvalue weighted by Crippen LogP contribution is 2.25. The van der Waals surface area contributed by atoms with Gasteiger partial charge in [-0.1, -0.05) is 25.4 Å². The third-order valence-electron chi connectivity index (χ3n) is 3.13. The zero-order valence-corrected chi connectivity index (χ0v) is 14.1. The molecule has 0 aliphatic carbocycles. The first-order valence-corrected chi connectivity index (χ1v) is 8.58. The van der Waals surface area contributed by atoms with Gasteiger partial charge in [0.1, 0.15) is 10.7 Å². The van der Waals surface area contributed by atoms with Gasteiger partial charge < -0.3 is 5.11 Å². The minimum absolute atomic E-state index is 0.113. The zero-order chi connectivity index (χ0) is 17.1. The Morgan fingerprint density at radius 3 is 2.50 bits per heavy atom. The normalized spacial score (nSPS) is 13.4. The third-order valence-corrected chi connectivity index (χ3v) is 5.02. The summed E-state index contributed by atoms with van der Waals surface area (Å²) in [4.78, 5) is 10.9. The lowest BCUT2D eigenvalue weighted by atomic mass is 9.98. The van der Waals surface area contributed by atoms with Gasteiger partial charge in [-0.2, -0.15) is 0 Å². The van der Waals surface area contributed by atoms with E-state index in [2.05, 4.69) is 4.72 Å². The summed E-state index contributed by atoms with van der Waals surface area (Å²) < 4.78 is 40.0. The number of nitrogens with one attached hydrogen (secondary N) is 1. The Labute approximate surface area is 134 Å². The summed E-state index contributed by atoms with van der Waals surface area (Å²) in [5, 5.41) is 8.87. The van der Waals surface area contributed by atoms with Crippen molar-refractivity contribution in [1.29, 1.82) is 0 Å². The van der Waals surface area contributed by atoms with E-state index >= 15 is 0 Å². The molecule has 1 rings (SSSR count). The topological polar surface area (TPSA) is 83.5 Å². The van der Waals surface area contributed by atoms with Crippen LogP contribution in [0.1, 0.15) is 25.8 Å². The highest BCUT2D eigenvalue weighted by Gasteiger charge is 2.24. The first kappa shape index (κ1) is 18.9. The Morgan fingerprint density at radius 1 is 1.41 bits per heavy atom. The van der Waals surface area contributed by atoms with Crippen LogP contribution in [0, 0.1) is 24.6 Å². The molecular weight excluding hydrogens is 333 g/mol. The van der Waals surface area contributed by atoms with Crippen LogP contribution in [0.15, 0.2) is 17.0 Å². The van der Waals surface area contributed by atoms with Crippen LogP contribution in [0.5, 0.6) is 0 Å². The molecule has 0 aliphatic heterocycles. The van der Waals surface area contributed by atoms with Gasteiger partial charge in [-0.3, -0.25) is 4.79 Å². The van der Waals surface area contributed by atoms with Gasteiger partial charge in [0.25, 0.3) is 0 Å². The minimum Gasteiger partial charge on any atom is -0.481 e. The van der Waals surface area contributed by atoms with Crippen LogP contribution >= 0.6 is 11.6 Å². The zero-order valence-electron chi connectivity index (χ0n) is 12.6. The van der Waals surface area contributed by atoms with E-state index in [1.807, 2.05) is 13.8 Å². The van der Waals surface area contributed by atoms with Crippen LogP contribution < -0.4 is 4.72 Å². The maximum absolute atomic E-state index is 13.3. The molecule has 0 heterocycles. The molecule has 0 aromatic heterocycles. The van der Waals surface area contributed by atoms with Crippen LogP contribution in [-0.2, 0) is 14.8 Å². The third kappa shape index (κ3) is 4.93. The minimum atomic E-state index is -4.01. The number of hydrogen-bond acceptors (Lipinski definition) is 3. The molecule has 0 radical (unpaired) electrons. The molecule has 1 aromatic carbocycles. The highest BCUT2D eigenvalue weighted by molar-refractivity contribution is 7.89. The van der Waals surface area contributed by atoms with Crippen molar-refractivity contribution in [2.45, 2.75) is 32.1 Å². The van der Waals surface area contributed by atoms with E-state index in [9.17, 15) is 17.6 Å². The fourth-order valence-corrected chi connectivity index (χ4v) is 3.64. The van der Waals surface area contributed by atoms with Crippen LogP contribution in [0.3, 0.4) is 0 Å². The van der Waals surface area contributed by atoms with Crippen LogP contribution in [0.25, 0.3) is 0 Å². The van der Waals surface area contributed by atoms with Crippen molar-refractivity contribution in [3.05, 3.63) is 28.5 Å². The van der Waals surface area contributed by atoms with Crippen molar-refractivity contribution >= 4 is 27.6 Å². The van der Waals surface area contributed by atoms with Crippen molar-refractivity contribution in [1.82, 2.24) is 4.72 Å². The molecule has 1 atom stereocenters. The van der Waals surface area contributed by atoms with Crippen LogP contribution in [0.2, 0.25) is 5.02 Å². The largest absolute Gasteiger partial charge is 0.481 e. The lowest BCUT2D eigenvalue weighted by molar-refractivity contribution is -0.142. The Kier molecular flexibility index (Phi) is 6.34. The fraction of sp³-hybridized carbons (Fsp3) is 0.500.